The first-order chi connectivity index (χ1) is 11.1. The zero-order valence-corrected chi connectivity index (χ0v) is 13.0. The molecule has 6 nitrogen and oxygen atoms in total. The summed E-state index contributed by atoms with van der Waals surface area (Å²) in [5, 5.41) is 3.21. The van der Waals surface area contributed by atoms with Gasteiger partial charge >= 0.3 is 11.6 Å². The van der Waals surface area contributed by atoms with Crippen molar-refractivity contribution in [3.8, 4) is 0 Å². The minimum absolute atomic E-state index is 0.0685. The van der Waals surface area contributed by atoms with E-state index in [1.54, 1.807) is 24.3 Å². The molecule has 2 aromatic rings. The topological polar surface area (TPSA) is 85.6 Å². The predicted octanol–water partition coefficient (Wildman–Crippen LogP) is 2.26. The highest BCUT2D eigenvalue weighted by Gasteiger charge is 2.13. The lowest BCUT2D eigenvalue weighted by molar-refractivity contribution is -0.143. The Bertz CT molecular complexity index is 750. The average Bonchev–Trinajstić information content (AvgIpc) is 2.56. The van der Waals surface area contributed by atoms with Crippen LogP contribution in [0.3, 0.4) is 0 Å². The largest absolute Gasteiger partial charge is 0.464 e. The summed E-state index contributed by atoms with van der Waals surface area (Å²) in [5.41, 5.74) is -0.332. The number of carbonyl (C=O) groups excluding carboxylic acids is 2. The number of benzene rings is 1. The number of fused-ring (bicyclic) bond motifs is 1. The van der Waals surface area contributed by atoms with Gasteiger partial charge in [-0.2, -0.15) is 0 Å². The summed E-state index contributed by atoms with van der Waals surface area (Å²) in [6.45, 7) is 2.21. The van der Waals surface area contributed by atoms with Gasteiger partial charge in [0.2, 0.25) is 0 Å². The van der Waals surface area contributed by atoms with Gasteiger partial charge in [0.15, 0.2) is 0 Å². The molecule has 0 spiro atoms. The number of esters is 1. The molecule has 0 bridgehead atoms. The van der Waals surface area contributed by atoms with Gasteiger partial charge in [0, 0.05) is 11.8 Å². The second kappa shape index (κ2) is 8.12. The second-order valence-corrected chi connectivity index (χ2v) is 5.07. The van der Waals surface area contributed by atoms with Gasteiger partial charge in [-0.1, -0.05) is 31.5 Å². The number of hydrogen-bond donors (Lipinski definition) is 1. The summed E-state index contributed by atoms with van der Waals surface area (Å²) in [6.07, 6.45) is 2.08. The molecule has 1 aromatic heterocycles. The molecule has 2 rings (SSSR count). The van der Waals surface area contributed by atoms with Crippen LogP contribution in [-0.4, -0.2) is 25.0 Å². The Labute approximate surface area is 133 Å². The molecule has 0 atom stereocenters. The fraction of sp³-hybridized carbons (Fsp3) is 0.353. The van der Waals surface area contributed by atoms with Crippen LogP contribution in [0.4, 0.5) is 0 Å². The molecule has 1 aromatic carbocycles. The molecule has 23 heavy (non-hydrogen) atoms. The lowest BCUT2D eigenvalue weighted by atomic mass is 10.2. The number of ether oxygens (including phenoxy) is 1. The number of unbranched alkanes of at least 4 members (excludes halogenated alkanes) is 1. The second-order valence-electron chi connectivity index (χ2n) is 5.07. The highest BCUT2D eigenvalue weighted by atomic mass is 16.5. The van der Waals surface area contributed by atoms with E-state index in [2.05, 4.69) is 5.32 Å². The monoisotopic (exact) mass is 317 g/mol. The lowest BCUT2D eigenvalue weighted by Gasteiger charge is -2.06. The van der Waals surface area contributed by atoms with E-state index in [9.17, 15) is 14.4 Å². The van der Waals surface area contributed by atoms with Gasteiger partial charge in [-0.25, -0.2) is 4.79 Å². The highest BCUT2D eigenvalue weighted by Crippen LogP contribution is 2.12. The van der Waals surface area contributed by atoms with E-state index in [0.29, 0.717) is 17.4 Å². The maximum atomic E-state index is 12.0. The number of para-hydroxylation sites is 1. The third-order valence-corrected chi connectivity index (χ3v) is 3.27. The van der Waals surface area contributed by atoms with E-state index in [-0.39, 0.29) is 24.7 Å². The third kappa shape index (κ3) is 4.67. The number of hydrogen-bond acceptors (Lipinski definition) is 5. The van der Waals surface area contributed by atoms with Crippen LogP contribution >= 0.6 is 0 Å². The standard InChI is InChI=1S/C17H19NO5/c1-2-3-8-15(19)22-10-9-18-16(20)13-11-12-6-4-5-7-14(12)23-17(13)21/h4-7,11H,2-3,8-10H2,1H3,(H,18,20). The Balaban J connectivity index is 1.90. The molecule has 0 fully saturated rings. The Morgan fingerprint density at radius 2 is 2.04 bits per heavy atom. The molecule has 6 heteroatoms. The predicted molar refractivity (Wildman–Crippen MR) is 85.3 cm³/mol. The molecule has 0 unspecified atom stereocenters. The number of nitrogens with one attached hydrogen (secondary N) is 1. The molecule has 0 radical (unpaired) electrons. The van der Waals surface area contributed by atoms with Crippen LogP contribution < -0.4 is 10.9 Å². The van der Waals surface area contributed by atoms with Gasteiger partial charge in [0.25, 0.3) is 5.91 Å². The van der Waals surface area contributed by atoms with Gasteiger partial charge in [0.1, 0.15) is 17.8 Å². The fourth-order valence-corrected chi connectivity index (χ4v) is 2.04. The first-order valence-electron chi connectivity index (χ1n) is 7.58. The van der Waals surface area contributed by atoms with Crippen molar-refractivity contribution in [3.05, 3.63) is 46.3 Å². The molecule has 1 N–H and O–H groups in total. The molecule has 1 amide bonds. The quantitative estimate of drug-likeness (QED) is 0.481. The van der Waals surface area contributed by atoms with Crippen LogP contribution in [-0.2, 0) is 9.53 Å². The van der Waals surface area contributed by atoms with E-state index in [4.69, 9.17) is 9.15 Å². The maximum absolute atomic E-state index is 12.0. The van der Waals surface area contributed by atoms with Crippen LogP contribution in [0, 0.1) is 0 Å². The molecule has 0 saturated carbocycles. The normalized spacial score (nSPS) is 10.5. The lowest BCUT2D eigenvalue weighted by Crippen LogP contribution is -2.31. The number of rotatable bonds is 7. The van der Waals surface area contributed by atoms with E-state index < -0.39 is 11.5 Å². The molecule has 122 valence electrons. The van der Waals surface area contributed by atoms with Gasteiger partial charge < -0.3 is 14.5 Å². The number of carbonyl (C=O) groups is 2. The first kappa shape index (κ1) is 16.7. The number of amides is 1. The van der Waals surface area contributed by atoms with Crippen molar-refractivity contribution >= 4 is 22.8 Å². The summed E-state index contributed by atoms with van der Waals surface area (Å²) in [7, 11) is 0. The minimum atomic E-state index is -0.693. The SMILES string of the molecule is CCCCC(=O)OCCNC(=O)c1cc2ccccc2oc1=O. The van der Waals surface area contributed by atoms with Crippen molar-refractivity contribution in [2.75, 3.05) is 13.2 Å². The zero-order valence-electron chi connectivity index (χ0n) is 13.0. The van der Waals surface area contributed by atoms with Crippen molar-refractivity contribution in [2.24, 2.45) is 0 Å². The molecule has 1 heterocycles. The molecule has 0 aliphatic rings. The van der Waals surface area contributed by atoms with E-state index in [0.717, 1.165) is 12.8 Å². The third-order valence-electron chi connectivity index (χ3n) is 3.27. The van der Waals surface area contributed by atoms with Crippen LogP contribution in [0.5, 0.6) is 0 Å². The van der Waals surface area contributed by atoms with Crippen LogP contribution in [0.1, 0.15) is 36.5 Å². The Morgan fingerprint density at radius 1 is 1.26 bits per heavy atom. The van der Waals surface area contributed by atoms with Gasteiger partial charge in [-0.05, 0) is 18.6 Å². The molecule has 0 aliphatic carbocycles. The molecular formula is C17H19NO5. The van der Waals surface area contributed by atoms with Crippen molar-refractivity contribution in [2.45, 2.75) is 26.2 Å². The van der Waals surface area contributed by atoms with Crippen molar-refractivity contribution in [1.29, 1.82) is 0 Å². The molecular weight excluding hydrogens is 298 g/mol. The van der Waals surface area contributed by atoms with Gasteiger partial charge in [0.05, 0.1) is 6.54 Å². The average molecular weight is 317 g/mol. The highest BCUT2D eigenvalue weighted by molar-refractivity contribution is 5.96. The van der Waals surface area contributed by atoms with E-state index in [1.165, 1.54) is 6.07 Å². The van der Waals surface area contributed by atoms with Crippen molar-refractivity contribution in [1.82, 2.24) is 5.32 Å². The van der Waals surface area contributed by atoms with E-state index in [1.807, 2.05) is 6.92 Å². The minimum Gasteiger partial charge on any atom is -0.464 e. The van der Waals surface area contributed by atoms with Crippen LogP contribution in [0.2, 0.25) is 0 Å². The summed E-state index contributed by atoms with van der Waals surface area (Å²) in [5.74, 6) is -0.833. The summed E-state index contributed by atoms with van der Waals surface area (Å²) < 4.78 is 10.1. The Kier molecular flexibility index (Phi) is 5.91. The summed E-state index contributed by atoms with van der Waals surface area (Å²) in [4.78, 5) is 35.2. The molecule has 0 saturated heterocycles. The fourth-order valence-electron chi connectivity index (χ4n) is 2.04. The maximum Gasteiger partial charge on any atom is 0.349 e. The first-order valence-corrected chi connectivity index (χ1v) is 7.58. The zero-order chi connectivity index (χ0) is 16.7. The van der Waals surface area contributed by atoms with E-state index >= 15 is 0 Å². The summed E-state index contributed by atoms with van der Waals surface area (Å²) in [6, 6.07) is 8.44. The molecule has 0 aliphatic heterocycles. The van der Waals surface area contributed by atoms with Crippen LogP contribution in [0.15, 0.2) is 39.5 Å². The smallest absolute Gasteiger partial charge is 0.349 e. The van der Waals surface area contributed by atoms with Gasteiger partial charge in [-0.3, -0.25) is 9.59 Å². The van der Waals surface area contributed by atoms with Crippen LogP contribution in [0.25, 0.3) is 11.0 Å². The van der Waals surface area contributed by atoms with Crippen molar-refractivity contribution < 1.29 is 18.7 Å². The summed E-state index contributed by atoms with van der Waals surface area (Å²) >= 11 is 0. The van der Waals surface area contributed by atoms with Gasteiger partial charge in [-0.15, -0.1) is 0 Å². The Morgan fingerprint density at radius 3 is 2.83 bits per heavy atom. The van der Waals surface area contributed by atoms with Crippen molar-refractivity contribution in [3.63, 3.8) is 0 Å². The Hall–Kier alpha value is -2.63.